The first-order valence-corrected chi connectivity index (χ1v) is 16.1. The van der Waals surface area contributed by atoms with E-state index in [1.165, 1.54) is 0 Å². The van der Waals surface area contributed by atoms with Gasteiger partial charge in [-0.05, 0) is 51.0 Å². The molecule has 0 N–H and O–H groups in total. The molecule has 0 aromatic rings. The van der Waals surface area contributed by atoms with Gasteiger partial charge in [-0.2, -0.15) is 16.1 Å². The van der Waals surface area contributed by atoms with Crippen molar-refractivity contribution in [1.82, 2.24) is 14.1 Å². The summed E-state index contributed by atoms with van der Waals surface area (Å²) in [5.74, 6) is 1.50. The minimum Gasteiger partial charge on any atom is -0.379 e. The number of rotatable bonds is 15. The van der Waals surface area contributed by atoms with E-state index in [1.54, 1.807) is 55.3 Å². The number of hydrogen-bond acceptors (Lipinski definition) is 8. The first-order valence-electron chi connectivity index (χ1n) is 13.5. The molecule has 11 heteroatoms. The molecule has 2 rings (SSSR count). The molecule has 38 heavy (non-hydrogen) atoms. The first-order chi connectivity index (χ1) is 18.3. The molecule has 0 aliphatic carbocycles. The summed E-state index contributed by atoms with van der Waals surface area (Å²) >= 11 is 1.74. The van der Waals surface area contributed by atoms with E-state index in [0.717, 1.165) is 45.0 Å². The zero-order valence-electron chi connectivity index (χ0n) is 23.6. The van der Waals surface area contributed by atoms with Crippen molar-refractivity contribution in [3.63, 3.8) is 0 Å². The van der Waals surface area contributed by atoms with E-state index in [0.29, 0.717) is 37.4 Å². The van der Waals surface area contributed by atoms with Gasteiger partial charge in [0.05, 0.1) is 30.8 Å². The van der Waals surface area contributed by atoms with Gasteiger partial charge in [-0.1, -0.05) is 12.2 Å². The van der Waals surface area contributed by atoms with Crippen LogP contribution in [0.15, 0.2) is 35.3 Å². The summed E-state index contributed by atoms with van der Waals surface area (Å²) < 4.78 is 45.7. The van der Waals surface area contributed by atoms with Gasteiger partial charge in [0, 0.05) is 58.2 Å². The second-order valence-electron chi connectivity index (χ2n) is 9.41. The number of morpholine rings is 1. The Morgan fingerprint density at radius 2 is 2.00 bits per heavy atom. The van der Waals surface area contributed by atoms with E-state index < -0.39 is 10.0 Å². The Hall–Kier alpha value is -1.21. The minimum absolute atomic E-state index is 0.0484. The molecule has 0 spiro atoms. The molecule has 0 saturated carbocycles. The van der Waals surface area contributed by atoms with Crippen molar-refractivity contribution in [2.24, 2.45) is 0 Å². The van der Waals surface area contributed by atoms with Crippen molar-refractivity contribution in [3.05, 3.63) is 35.3 Å². The number of methoxy groups -OCH3 is 1. The zero-order chi connectivity index (χ0) is 28.0. The molecule has 2 heterocycles. The van der Waals surface area contributed by atoms with Crippen molar-refractivity contribution in [2.75, 3.05) is 84.3 Å². The number of nitrogens with zero attached hydrogens (tertiary/aromatic N) is 3. The van der Waals surface area contributed by atoms with Gasteiger partial charge in [0.25, 0.3) is 0 Å². The third kappa shape index (κ3) is 10.1. The highest BCUT2D eigenvalue weighted by atomic mass is 32.2. The summed E-state index contributed by atoms with van der Waals surface area (Å²) in [5.41, 5.74) is 0.613. The highest BCUT2D eigenvalue weighted by Gasteiger charge is 2.34. The zero-order valence-corrected chi connectivity index (χ0v) is 25.2. The standard InChI is InChI=1S/C27H47N3O6S2/c1-6-25(34-5)20-23(4)26(7-2)38(32,33)30-15-19-37-18-10-24(30)21-36-22-27(31)29(8-3)12-9-11-28-13-16-35-17-14-28/h6-7,20,24-25H,1,8-19,21-22H2,2-5H3/b23-20-,26-7-. The first kappa shape index (κ1) is 33.0. The molecule has 2 aliphatic heterocycles. The lowest BCUT2D eigenvalue weighted by molar-refractivity contribution is -0.136. The average Bonchev–Trinajstić information content (AvgIpc) is 3.16. The molecule has 0 bridgehead atoms. The number of carbonyl (C=O) groups excluding carboxylic acids is 1. The van der Waals surface area contributed by atoms with Gasteiger partial charge in [-0.15, -0.1) is 6.58 Å². The summed E-state index contributed by atoms with van der Waals surface area (Å²) in [6.45, 7) is 15.4. The van der Waals surface area contributed by atoms with Gasteiger partial charge in [-0.25, -0.2) is 8.42 Å². The normalized spacial score (nSPS) is 21.6. The second kappa shape index (κ2) is 17.5. The van der Waals surface area contributed by atoms with Crippen LogP contribution in [-0.4, -0.2) is 125 Å². The molecule has 1 amide bonds. The van der Waals surface area contributed by atoms with E-state index >= 15 is 0 Å². The van der Waals surface area contributed by atoms with Crippen molar-refractivity contribution in [1.29, 1.82) is 0 Å². The Labute approximate surface area is 234 Å². The smallest absolute Gasteiger partial charge is 0.248 e. The van der Waals surface area contributed by atoms with E-state index in [1.807, 2.05) is 11.8 Å². The summed E-state index contributed by atoms with van der Waals surface area (Å²) in [6.07, 6.45) is 6.21. The summed E-state index contributed by atoms with van der Waals surface area (Å²) in [6, 6.07) is -0.334. The van der Waals surface area contributed by atoms with E-state index in [-0.39, 0.29) is 36.2 Å². The predicted molar refractivity (Wildman–Crippen MR) is 155 cm³/mol. The van der Waals surface area contributed by atoms with E-state index in [4.69, 9.17) is 14.2 Å². The van der Waals surface area contributed by atoms with Crippen LogP contribution in [-0.2, 0) is 29.0 Å². The van der Waals surface area contributed by atoms with Crippen molar-refractivity contribution in [3.8, 4) is 0 Å². The average molecular weight is 574 g/mol. The molecular formula is C27H47N3O6S2. The quantitative estimate of drug-likeness (QED) is 0.218. The second-order valence-corrected chi connectivity index (χ2v) is 12.5. The van der Waals surface area contributed by atoms with Crippen molar-refractivity contribution < 1.29 is 27.4 Å². The molecule has 0 aromatic carbocycles. The summed E-state index contributed by atoms with van der Waals surface area (Å²) in [4.78, 5) is 17.3. The van der Waals surface area contributed by atoms with Crippen LogP contribution in [0.3, 0.4) is 0 Å². The molecule has 2 unspecified atom stereocenters. The van der Waals surface area contributed by atoms with Crippen LogP contribution in [0.4, 0.5) is 0 Å². The largest absolute Gasteiger partial charge is 0.379 e. The number of amides is 1. The van der Waals surface area contributed by atoms with Gasteiger partial charge >= 0.3 is 0 Å². The number of carbonyl (C=O) groups is 1. The fourth-order valence-corrected chi connectivity index (χ4v) is 7.70. The Morgan fingerprint density at radius 3 is 2.63 bits per heavy atom. The van der Waals surface area contributed by atoms with Crippen LogP contribution in [0.5, 0.6) is 0 Å². The number of likely N-dealkylation sites (N-methyl/N-ethyl adjacent to an activating group) is 1. The minimum atomic E-state index is -3.77. The lowest BCUT2D eigenvalue weighted by Crippen LogP contribution is -2.45. The van der Waals surface area contributed by atoms with Crippen LogP contribution in [0.2, 0.25) is 0 Å². The fraction of sp³-hybridized carbons (Fsp3) is 0.741. The number of thioether (sulfide) groups is 1. The van der Waals surface area contributed by atoms with Crippen LogP contribution in [0, 0.1) is 0 Å². The van der Waals surface area contributed by atoms with Crippen LogP contribution < -0.4 is 0 Å². The number of ether oxygens (including phenoxy) is 3. The lowest BCUT2D eigenvalue weighted by atomic mass is 10.2. The van der Waals surface area contributed by atoms with E-state index in [2.05, 4.69) is 11.5 Å². The maximum absolute atomic E-state index is 13.8. The molecule has 0 radical (unpaired) electrons. The molecule has 9 nitrogen and oxygen atoms in total. The maximum Gasteiger partial charge on any atom is 0.248 e. The Balaban J connectivity index is 1.98. The van der Waals surface area contributed by atoms with Crippen LogP contribution >= 0.6 is 11.8 Å². The van der Waals surface area contributed by atoms with E-state index in [9.17, 15) is 13.2 Å². The fourth-order valence-electron chi connectivity index (χ4n) is 4.70. The van der Waals surface area contributed by atoms with Crippen LogP contribution in [0.1, 0.15) is 33.6 Å². The maximum atomic E-state index is 13.8. The monoisotopic (exact) mass is 573 g/mol. The molecule has 2 fully saturated rings. The Morgan fingerprint density at radius 1 is 1.26 bits per heavy atom. The van der Waals surface area contributed by atoms with Gasteiger partial charge in [0.15, 0.2) is 0 Å². The number of sulfonamides is 1. The highest BCUT2D eigenvalue weighted by molar-refractivity contribution is 7.99. The Kier molecular flexibility index (Phi) is 15.2. The molecular weight excluding hydrogens is 526 g/mol. The van der Waals surface area contributed by atoms with Crippen LogP contribution in [0.25, 0.3) is 0 Å². The summed E-state index contributed by atoms with van der Waals surface area (Å²) in [7, 11) is -2.21. The predicted octanol–water partition coefficient (Wildman–Crippen LogP) is 2.76. The lowest BCUT2D eigenvalue weighted by Gasteiger charge is -2.30. The summed E-state index contributed by atoms with van der Waals surface area (Å²) in [5, 5.41) is 0. The number of allylic oxidation sites excluding steroid dienone is 2. The molecule has 2 saturated heterocycles. The molecule has 0 aromatic heterocycles. The third-order valence-corrected chi connectivity index (χ3v) is 10.1. The molecule has 2 aliphatic rings. The third-order valence-electron chi connectivity index (χ3n) is 6.89. The van der Waals surface area contributed by atoms with Gasteiger partial charge in [0.1, 0.15) is 6.61 Å². The van der Waals surface area contributed by atoms with Gasteiger partial charge in [-0.3, -0.25) is 9.69 Å². The SMILES string of the molecule is C=CC(/C=C(C)\C(=C\C)S(=O)(=O)N1CCSCCC1COCC(=O)N(CC)CCCN1CCOCC1)OC. The molecule has 2 atom stereocenters. The van der Waals surface area contributed by atoms with Crippen molar-refractivity contribution in [2.45, 2.75) is 45.8 Å². The highest BCUT2D eigenvalue weighted by Crippen LogP contribution is 2.28. The van der Waals surface area contributed by atoms with Gasteiger partial charge < -0.3 is 19.1 Å². The Bertz CT molecular complexity index is 902. The molecule has 218 valence electrons. The topological polar surface area (TPSA) is 88.6 Å². The van der Waals surface area contributed by atoms with Crippen molar-refractivity contribution >= 4 is 27.7 Å². The number of hydrogen-bond donors (Lipinski definition) is 0. The van der Waals surface area contributed by atoms with Gasteiger partial charge in [0.2, 0.25) is 15.9 Å².